The molecule has 1 saturated carbocycles. The van der Waals surface area contributed by atoms with E-state index in [4.69, 9.17) is 5.14 Å². The van der Waals surface area contributed by atoms with Gasteiger partial charge in [0.15, 0.2) is 0 Å². The molecule has 0 aromatic heterocycles. The molecule has 1 rings (SSSR count). The van der Waals surface area contributed by atoms with Gasteiger partial charge in [-0.05, 0) is 38.3 Å². The molecule has 3 N–H and O–H groups in total. The molecule has 0 saturated heterocycles. The minimum atomic E-state index is -3.26. The van der Waals surface area contributed by atoms with Gasteiger partial charge in [-0.1, -0.05) is 12.8 Å². The van der Waals surface area contributed by atoms with Crippen LogP contribution in [0.25, 0.3) is 0 Å². The first kappa shape index (κ1) is 11.9. The quantitative estimate of drug-likeness (QED) is 0.638. The van der Waals surface area contributed by atoms with E-state index in [1.165, 1.54) is 25.7 Å². The lowest BCUT2D eigenvalue weighted by Gasteiger charge is -2.09. The topological polar surface area (TPSA) is 72.2 Å². The summed E-state index contributed by atoms with van der Waals surface area (Å²) in [5, 5.41) is 8.16. The van der Waals surface area contributed by atoms with E-state index in [2.05, 4.69) is 5.32 Å². The fraction of sp³-hybridized carbons (Fsp3) is 1.00. The zero-order valence-electron chi connectivity index (χ0n) is 8.54. The smallest absolute Gasteiger partial charge is 0.209 e. The molecule has 84 valence electrons. The highest BCUT2D eigenvalue weighted by molar-refractivity contribution is 7.89. The highest BCUT2D eigenvalue weighted by Crippen LogP contribution is 2.23. The molecule has 5 heteroatoms. The van der Waals surface area contributed by atoms with Crippen LogP contribution < -0.4 is 10.5 Å². The SMILES string of the molecule is NS(=O)(=O)CCCNCC1CCCC1. The monoisotopic (exact) mass is 220 g/mol. The van der Waals surface area contributed by atoms with Crippen LogP contribution in [0.2, 0.25) is 0 Å². The second-order valence-electron chi connectivity index (χ2n) is 4.08. The van der Waals surface area contributed by atoms with Crippen LogP contribution in [0.3, 0.4) is 0 Å². The van der Waals surface area contributed by atoms with Crippen LogP contribution in [-0.2, 0) is 10.0 Å². The Labute approximate surface area is 86.3 Å². The van der Waals surface area contributed by atoms with Crippen LogP contribution in [-0.4, -0.2) is 27.3 Å². The molecule has 1 aliphatic rings. The molecule has 1 fully saturated rings. The lowest BCUT2D eigenvalue weighted by Crippen LogP contribution is -2.25. The Hall–Kier alpha value is -0.130. The maximum atomic E-state index is 10.6. The molecule has 0 heterocycles. The van der Waals surface area contributed by atoms with Crippen LogP contribution in [0.4, 0.5) is 0 Å². The van der Waals surface area contributed by atoms with Gasteiger partial charge >= 0.3 is 0 Å². The van der Waals surface area contributed by atoms with Crippen molar-refractivity contribution in [1.29, 1.82) is 0 Å². The van der Waals surface area contributed by atoms with Crippen LogP contribution in [0, 0.1) is 5.92 Å². The largest absolute Gasteiger partial charge is 0.316 e. The Morgan fingerprint density at radius 3 is 2.50 bits per heavy atom. The van der Waals surface area contributed by atoms with E-state index in [0.29, 0.717) is 6.42 Å². The van der Waals surface area contributed by atoms with Gasteiger partial charge in [0.25, 0.3) is 0 Å². The first-order chi connectivity index (χ1) is 6.58. The fourth-order valence-electron chi connectivity index (χ4n) is 1.92. The lowest BCUT2D eigenvalue weighted by molar-refractivity contribution is 0.489. The number of nitrogens with two attached hydrogens (primary N) is 1. The molecule has 0 aromatic carbocycles. The summed E-state index contributed by atoms with van der Waals surface area (Å²) in [5.41, 5.74) is 0. The number of primary sulfonamides is 1. The Balaban J connectivity index is 1.94. The number of sulfonamides is 1. The summed E-state index contributed by atoms with van der Waals surface area (Å²) in [6, 6.07) is 0. The Morgan fingerprint density at radius 2 is 1.93 bits per heavy atom. The standard InChI is InChI=1S/C9H20N2O2S/c10-14(12,13)7-3-6-11-8-9-4-1-2-5-9/h9,11H,1-8H2,(H2,10,12,13). The van der Waals surface area contributed by atoms with Gasteiger partial charge in [-0.25, -0.2) is 13.6 Å². The molecular weight excluding hydrogens is 200 g/mol. The van der Waals surface area contributed by atoms with E-state index in [1.807, 2.05) is 0 Å². The molecule has 0 atom stereocenters. The first-order valence-corrected chi connectivity index (χ1v) is 7.00. The van der Waals surface area contributed by atoms with Crippen LogP contribution in [0.5, 0.6) is 0 Å². The van der Waals surface area contributed by atoms with Crippen LogP contribution >= 0.6 is 0 Å². The summed E-state index contributed by atoms with van der Waals surface area (Å²) in [7, 11) is -3.26. The van der Waals surface area contributed by atoms with Crippen molar-refractivity contribution >= 4 is 10.0 Å². The van der Waals surface area contributed by atoms with E-state index < -0.39 is 10.0 Å². The van der Waals surface area contributed by atoms with Gasteiger partial charge in [0.1, 0.15) is 0 Å². The van der Waals surface area contributed by atoms with E-state index in [9.17, 15) is 8.42 Å². The van der Waals surface area contributed by atoms with Gasteiger partial charge in [-0.15, -0.1) is 0 Å². The summed E-state index contributed by atoms with van der Waals surface area (Å²) in [6.07, 6.45) is 5.96. The lowest BCUT2D eigenvalue weighted by atomic mass is 10.1. The minimum Gasteiger partial charge on any atom is -0.316 e. The molecule has 0 spiro atoms. The molecule has 14 heavy (non-hydrogen) atoms. The van der Waals surface area contributed by atoms with Gasteiger partial charge in [-0.3, -0.25) is 0 Å². The van der Waals surface area contributed by atoms with Crippen molar-refractivity contribution in [3.63, 3.8) is 0 Å². The molecule has 0 unspecified atom stereocenters. The number of nitrogens with one attached hydrogen (secondary N) is 1. The molecule has 0 aromatic rings. The number of rotatable bonds is 6. The molecule has 0 radical (unpaired) electrons. The number of hydrogen-bond acceptors (Lipinski definition) is 3. The third-order valence-corrected chi connectivity index (χ3v) is 3.55. The molecule has 0 aliphatic heterocycles. The summed E-state index contributed by atoms with van der Waals surface area (Å²) in [6.45, 7) is 1.79. The maximum Gasteiger partial charge on any atom is 0.209 e. The third kappa shape index (κ3) is 5.57. The van der Waals surface area contributed by atoms with Crippen molar-refractivity contribution in [2.45, 2.75) is 32.1 Å². The highest BCUT2D eigenvalue weighted by atomic mass is 32.2. The summed E-state index contributed by atoms with van der Waals surface area (Å²) >= 11 is 0. The van der Waals surface area contributed by atoms with E-state index in [-0.39, 0.29) is 5.75 Å². The third-order valence-electron chi connectivity index (χ3n) is 2.69. The predicted molar refractivity (Wildman–Crippen MR) is 57.4 cm³/mol. The van der Waals surface area contributed by atoms with Crippen molar-refractivity contribution in [2.75, 3.05) is 18.8 Å². The van der Waals surface area contributed by atoms with Gasteiger partial charge in [0.05, 0.1) is 5.75 Å². The van der Waals surface area contributed by atoms with Crippen molar-refractivity contribution in [2.24, 2.45) is 11.1 Å². The summed E-state index contributed by atoms with van der Waals surface area (Å²) in [5.74, 6) is 0.898. The zero-order valence-corrected chi connectivity index (χ0v) is 9.35. The van der Waals surface area contributed by atoms with Gasteiger partial charge in [0, 0.05) is 0 Å². The summed E-state index contributed by atoms with van der Waals surface area (Å²) < 4.78 is 21.2. The average molecular weight is 220 g/mol. The average Bonchev–Trinajstić information content (AvgIpc) is 2.54. The second kappa shape index (κ2) is 5.68. The zero-order chi connectivity index (χ0) is 10.4. The van der Waals surface area contributed by atoms with E-state index in [0.717, 1.165) is 19.0 Å². The summed E-state index contributed by atoms with van der Waals surface area (Å²) in [4.78, 5) is 0. The van der Waals surface area contributed by atoms with Gasteiger partial charge in [-0.2, -0.15) is 0 Å². The molecular formula is C9H20N2O2S. The van der Waals surface area contributed by atoms with Crippen molar-refractivity contribution in [3.8, 4) is 0 Å². The normalized spacial score (nSPS) is 18.9. The van der Waals surface area contributed by atoms with Crippen molar-refractivity contribution < 1.29 is 8.42 Å². The van der Waals surface area contributed by atoms with E-state index >= 15 is 0 Å². The maximum absolute atomic E-state index is 10.6. The minimum absolute atomic E-state index is 0.0880. The first-order valence-electron chi connectivity index (χ1n) is 5.29. The van der Waals surface area contributed by atoms with Crippen LogP contribution in [0.1, 0.15) is 32.1 Å². The molecule has 0 bridgehead atoms. The molecule has 0 amide bonds. The van der Waals surface area contributed by atoms with E-state index in [1.54, 1.807) is 0 Å². The highest BCUT2D eigenvalue weighted by Gasteiger charge is 2.13. The molecule has 1 aliphatic carbocycles. The molecule has 4 nitrogen and oxygen atoms in total. The fourth-order valence-corrected chi connectivity index (χ4v) is 2.47. The predicted octanol–water partition coefficient (Wildman–Crippen LogP) is 0.445. The van der Waals surface area contributed by atoms with Gasteiger partial charge < -0.3 is 5.32 Å². The Bertz CT molecular complexity index is 246. The van der Waals surface area contributed by atoms with Crippen LogP contribution in [0.15, 0.2) is 0 Å². The Kier molecular flexibility index (Phi) is 4.84. The van der Waals surface area contributed by atoms with Gasteiger partial charge in [0.2, 0.25) is 10.0 Å². The number of hydrogen-bond donors (Lipinski definition) is 2. The van der Waals surface area contributed by atoms with Crippen molar-refractivity contribution in [1.82, 2.24) is 5.32 Å². The van der Waals surface area contributed by atoms with Crippen molar-refractivity contribution in [3.05, 3.63) is 0 Å². The Morgan fingerprint density at radius 1 is 1.29 bits per heavy atom. The second-order valence-corrected chi connectivity index (χ2v) is 5.81.